The van der Waals surface area contributed by atoms with Crippen LogP contribution in [0.25, 0.3) is 0 Å². The van der Waals surface area contributed by atoms with Crippen LogP contribution in [0.4, 0.5) is 13.2 Å². The third-order valence-electron chi connectivity index (χ3n) is 2.15. The SMILES string of the molecule is O=C1NCc2c1cccc2C(F)(F)F. The van der Waals surface area contributed by atoms with Gasteiger partial charge in [0.25, 0.3) is 5.91 Å². The van der Waals surface area contributed by atoms with Crippen LogP contribution in [0, 0.1) is 0 Å². The minimum atomic E-state index is -4.39. The van der Waals surface area contributed by atoms with Gasteiger partial charge in [0.15, 0.2) is 0 Å². The molecule has 1 aliphatic heterocycles. The molecule has 1 aromatic rings. The van der Waals surface area contributed by atoms with E-state index in [-0.39, 0.29) is 17.7 Å². The summed E-state index contributed by atoms with van der Waals surface area (Å²) in [5, 5.41) is 2.36. The number of halogens is 3. The maximum Gasteiger partial charge on any atom is 0.416 e. The maximum absolute atomic E-state index is 12.4. The molecule has 0 saturated carbocycles. The average Bonchev–Trinajstić information content (AvgIpc) is 2.46. The Balaban J connectivity index is 2.60. The fourth-order valence-corrected chi connectivity index (χ4v) is 1.52. The summed E-state index contributed by atoms with van der Waals surface area (Å²) in [5.41, 5.74) is -0.557. The smallest absolute Gasteiger partial charge is 0.348 e. The molecule has 1 amide bonds. The number of amides is 1. The number of fused-ring (bicyclic) bond motifs is 1. The number of nitrogens with one attached hydrogen (secondary N) is 1. The molecule has 14 heavy (non-hydrogen) atoms. The summed E-state index contributed by atoms with van der Waals surface area (Å²) in [6.07, 6.45) is -4.39. The van der Waals surface area contributed by atoms with E-state index < -0.39 is 17.6 Å². The molecule has 1 heterocycles. The molecule has 5 heteroatoms. The second-order valence-corrected chi connectivity index (χ2v) is 3.01. The van der Waals surface area contributed by atoms with Crippen molar-refractivity contribution in [2.45, 2.75) is 12.7 Å². The second-order valence-electron chi connectivity index (χ2n) is 3.01. The van der Waals surface area contributed by atoms with Crippen molar-refractivity contribution in [2.75, 3.05) is 0 Å². The van der Waals surface area contributed by atoms with Crippen LogP contribution in [-0.2, 0) is 12.7 Å². The van der Waals surface area contributed by atoms with Gasteiger partial charge in [0.1, 0.15) is 0 Å². The standard InChI is InChI=1S/C9H6F3NO/c10-9(11,12)7-3-1-2-5-6(7)4-13-8(5)14/h1-3H,4H2,(H,13,14). The first-order chi connectivity index (χ1) is 6.50. The van der Waals surface area contributed by atoms with Crippen LogP contribution in [0.3, 0.4) is 0 Å². The average molecular weight is 201 g/mol. The van der Waals surface area contributed by atoms with Crippen LogP contribution in [0.2, 0.25) is 0 Å². The van der Waals surface area contributed by atoms with E-state index in [1.165, 1.54) is 12.1 Å². The van der Waals surface area contributed by atoms with Crippen molar-refractivity contribution in [1.82, 2.24) is 5.32 Å². The predicted molar refractivity (Wildman–Crippen MR) is 42.6 cm³/mol. The van der Waals surface area contributed by atoms with Gasteiger partial charge < -0.3 is 5.32 Å². The van der Waals surface area contributed by atoms with Gasteiger partial charge in [-0.05, 0) is 17.7 Å². The van der Waals surface area contributed by atoms with E-state index >= 15 is 0 Å². The predicted octanol–water partition coefficient (Wildman–Crippen LogP) is 1.95. The Morgan fingerprint density at radius 3 is 2.64 bits per heavy atom. The summed E-state index contributed by atoms with van der Waals surface area (Å²) in [6.45, 7) is -0.0378. The lowest BCUT2D eigenvalue weighted by atomic mass is 10.0. The normalized spacial score (nSPS) is 15.2. The zero-order chi connectivity index (χ0) is 10.3. The fraction of sp³-hybridized carbons (Fsp3) is 0.222. The van der Waals surface area contributed by atoms with Gasteiger partial charge in [0.05, 0.1) is 5.56 Å². The lowest BCUT2D eigenvalue weighted by molar-refractivity contribution is -0.138. The molecule has 0 unspecified atom stereocenters. The second kappa shape index (κ2) is 2.73. The highest BCUT2D eigenvalue weighted by Crippen LogP contribution is 2.34. The molecule has 74 valence electrons. The highest BCUT2D eigenvalue weighted by molar-refractivity contribution is 5.98. The van der Waals surface area contributed by atoms with Crippen molar-refractivity contribution in [3.05, 3.63) is 34.9 Å². The largest absolute Gasteiger partial charge is 0.416 e. The first-order valence-electron chi connectivity index (χ1n) is 3.97. The van der Waals surface area contributed by atoms with Crippen molar-refractivity contribution in [3.8, 4) is 0 Å². The summed E-state index contributed by atoms with van der Waals surface area (Å²) < 4.78 is 37.3. The van der Waals surface area contributed by atoms with E-state index in [1.54, 1.807) is 0 Å². The van der Waals surface area contributed by atoms with Crippen LogP contribution in [-0.4, -0.2) is 5.91 Å². The van der Waals surface area contributed by atoms with Crippen molar-refractivity contribution >= 4 is 5.91 Å². The van der Waals surface area contributed by atoms with E-state index in [9.17, 15) is 18.0 Å². The number of carbonyl (C=O) groups excluding carboxylic acids is 1. The van der Waals surface area contributed by atoms with Crippen molar-refractivity contribution in [3.63, 3.8) is 0 Å². The summed E-state index contributed by atoms with van der Waals surface area (Å²) >= 11 is 0. The molecule has 2 rings (SSSR count). The monoisotopic (exact) mass is 201 g/mol. The molecule has 0 radical (unpaired) electrons. The van der Waals surface area contributed by atoms with Gasteiger partial charge >= 0.3 is 6.18 Å². The molecule has 0 bridgehead atoms. The highest BCUT2D eigenvalue weighted by atomic mass is 19.4. The van der Waals surface area contributed by atoms with Gasteiger partial charge in [0.2, 0.25) is 0 Å². The van der Waals surface area contributed by atoms with Gasteiger partial charge in [0, 0.05) is 12.1 Å². The Bertz CT molecular complexity index is 398. The van der Waals surface area contributed by atoms with E-state index in [2.05, 4.69) is 5.32 Å². The third-order valence-corrected chi connectivity index (χ3v) is 2.15. The van der Waals surface area contributed by atoms with E-state index in [4.69, 9.17) is 0 Å². The molecule has 1 N–H and O–H groups in total. The highest BCUT2D eigenvalue weighted by Gasteiger charge is 2.36. The Hall–Kier alpha value is -1.52. The molecule has 2 nitrogen and oxygen atoms in total. The Kier molecular flexibility index (Phi) is 1.77. The molecule has 0 aliphatic carbocycles. The molecule has 0 fully saturated rings. The lowest BCUT2D eigenvalue weighted by Gasteiger charge is -2.09. The molecule has 1 aromatic carbocycles. The number of hydrogen-bond donors (Lipinski definition) is 1. The fourth-order valence-electron chi connectivity index (χ4n) is 1.52. The molecule has 1 aliphatic rings. The van der Waals surface area contributed by atoms with Gasteiger partial charge in [-0.1, -0.05) is 6.07 Å². The topological polar surface area (TPSA) is 29.1 Å². The zero-order valence-electron chi connectivity index (χ0n) is 6.98. The van der Waals surface area contributed by atoms with Crippen molar-refractivity contribution in [2.24, 2.45) is 0 Å². The van der Waals surface area contributed by atoms with Crippen molar-refractivity contribution < 1.29 is 18.0 Å². The molecule has 0 aromatic heterocycles. The Morgan fingerprint density at radius 1 is 1.29 bits per heavy atom. The molecular formula is C9H6F3NO. The van der Waals surface area contributed by atoms with Crippen LogP contribution < -0.4 is 5.32 Å². The van der Waals surface area contributed by atoms with Crippen LogP contribution in [0.15, 0.2) is 18.2 Å². The van der Waals surface area contributed by atoms with E-state index in [0.717, 1.165) is 6.07 Å². The van der Waals surface area contributed by atoms with E-state index in [0.29, 0.717) is 0 Å². The van der Waals surface area contributed by atoms with Crippen molar-refractivity contribution in [1.29, 1.82) is 0 Å². The van der Waals surface area contributed by atoms with Gasteiger partial charge in [-0.15, -0.1) is 0 Å². The number of carbonyl (C=O) groups is 1. The minimum absolute atomic E-state index is 0.0378. The van der Waals surface area contributed by atoms with E-state index in [1.807, 2.05) is 0 Å². The molecule has 0 spiro atoms. The van der Waals surface area contributed by atoms with Crippen LogP contribution in [0.1, 0.15) is 21.5 Å². The number of benzene rings is 1. The van der Waals surface area contributed by atoms with Crippen LogP contribution >= 0.6 is 0 Å². The van der Waals surface area contributed by atoms with Crippen LogP contribution in [0.5, 0.6) is 0 Å². The maximum atomic E-state index is 12.4. The van der Waals surface area contributed by atoms with Gasteiger partial charge in [-0.2, -0.15) is 13.2 Å². The number of rotatable bonds is 0. The Morgan fingerprint density at radius 2 is 2.00 bits per heavy atom. The number of hydrogen-bond acceptors (Lipinski definition) is 1. The summed E-state index contributed by atoms with van der Waals surface area (Å²) in [7, 11) is 0. The molecule has 0 saturated heterocycles. The minimum Gasteiger partial charge on any atom is -0.348 e. The molecule has 0 atom stereocenters. The quantitative estimate of drug-likeness (QED) is 0.682. The molecular weight excluding hydrogens is 195 g/mol. The Labute approximate surface area is 77.7 Å². The first kappa shape index (κ1) is 9.05. The van der Waals surface area contributed by atoms with Gasteiger partial charge in [-0.25, -0.2) is 0 Å². The summed E-state index contributed by atoms with van der Waals surface area (Å²) in [4.78, 5) is 11.1. The van der Waals surface area contributed by atoms with Gasteiger partial charge in [-0.3, -0.25) is 4.79 Å². The first-order valence-corrected chi connectivity index (χ1v) is 3.97. The summed E-state index contributed by atoms with van der Waals surface area (Å²) in [5.74, 6) is -0.439. The lowest BCUT2D eigenvalue weighted by Crippen LogP contribution is -2.12. The zero-order valence-corrected chi connectivity index (χ0v) is 6.98. The third kappa shape index (κ3) is 1.25. The number of alkyl halides is 3. The summed E-state index contributed by atoms with van der Waals surface area (Å²) in [6, 6.07) is 3.62.